The molecule has 0 spiro atoms. The number of para-hydroxylation sites is 1. The molecule has 0 saturated heterocycles. The summed E-state index contributed by atoms with van der Waals surface area (Å²) in [6, 6.07) is 36.7. The Balaban J connectivity index is 1.37. The van der Waals surface area contributed by atoms with Crippen molar-refractivity contribution in [3.8, 4) is 28.3 Å². The van der Waals surface area contributed by atoms with Gasteiger partial charge in [0.1, 0.15) is 5.76 Å². The Bertz CT molecular complexity index is 1930. The van der Waals surface area contributed by atoms with Gasteiger partial charge in [0.2, 0.25) is 0 Å². The topological polar surface area (TPSA) is 22.1 Å². The molecule has 6 aromatic rings. The van der Waals surface area contributed by atoms with Gasteiger partial charge in [-0.15, -0.1) is 0 Å². The lowest BCUT2D eigenvalue weighted by atomic mass is 9.93. The van der Waals surface area contributed by atoms with Crippen LogP contribution in [0.3, 0.4) is 0 Å². The minimum atomic E-state index is 0.883. The third-order valence-electron chi connectivity index (χ3n) is 7.40. The molecular formula is C36H27NOS. The molecule has 2 nitrogen and oxygen atoms in total. The van der Waals surface area contributed by atoms with E-state index in [2.05, 4.69) is 116 Å². The Hall–Kier alpha value is -4.34. The van der Waals surface area contributed by atoms with Crippen molar-refractivity contribution in [2.45, 2.75) is 25.2 Å². The molecule has 39 heavy (non-hydrogen) atoms. The molecule has 1 aliphatic rings. The Morgan fingerprint density at radius 3 is 2.03 bits per heavy atom. The number of pyridine rings is 1. The van der Waals surface area contributed by atoms with Crippen LogP contribution in [-0.2, 0) is 0 Å². The smallest absolute Gasteiger partial charge is 0.150 e. The largest absolute Gasteiger partial charge is 0.455 e. The maximum absolute atomic E-state index is 6.49. The number of ether oxygens (including phenoxy) is 1. The molecule has 0 amide bonds. The van der Waals surface area contributed by atoms with Gasteiger partial charge in [-0.05, 0) is 82.1 Å². The third-order valence-corrected chi connectivity index (χ3v) is 8.68. The normalized spacial score (nSPS) is 13.4. The molecule has 0 atom stereocenters. The van der Waals surface area contributed by atoms with E-state index < -0.39 is 0 Å². The molecule has 0 N–H and O–H groups in total. The van der Waals surface area contributed by atoms with Crippen LogP contribution in [-0.4, -0.2) is 4.98 Å². The molecule has 0 aliphatic carbocycles. The third kappa shape index (κ3) is 4.02. The van der Waals surface area contributed by atoms with E-state index in [1.165, 1.54) is 37.2 Å². The summed E-state index contributed by atoms with van der Waals surface area (Å²) in [7, 11) is 0. The van der Waals surface area contributed by atoms with Gasteiger partial charge in [-0.3, -0.25) is 0 Å². The predicted molar refractivity (Wildman–Crippen MR) is 166 cm³/mol. The van der Waals surface area contributed by atoms with Gasteiger partial charge in [0.25, 0.3) is 0 Å². The fourth-order valence-corrected chi connectivity index (χ4v) is 6.60. The number of thioether (sulfide) groups is 1. The van der Waals surface area contributed by atoms with Crippen LogP contribution < -0.4 is 4.74 Å². The standard InChI is InChI=1S/C36H27NOS/c1-3-11-33-34(4-2)39-35-19-9-16-29(36(35)38-33)32-18-10-17-31(37-32)23-20-21-28-26-14-6-5-12-24(26)25-13-7-8-15-27(25)30(28)22-23/h3,5-22H,4H2,1-2H3/b11-3-. The fraction of sp³-hybridized carbons (Fsp3) is 0.0833. The summed E-state index contributed by atoms with van der Waals surface area (Å²) in [5.41, 5.74) is 3.98. The second-order valence-corrected chi connectivity index (χ2v) is 10.9. The Morgan fingerprint density at radius 1 is 0.692 bits per heavy atom. The fourth-order valence-electron chi connectivity index (χ4n) is 5.59. The van der Waals surface area contributed by atoms with E-state index in [9.17, 15) is 0 Å². The molecule has 1 aliphatic heterocycles. The van der Waals surface area contributed by atoms with Crippen LogP contribution in [0.5, 0.6) is 5.75 Å². The molecule has 0 fully saturated rings. The number of hydrogen-bond acceptors (Lipinski definition) is 3. The highest BCUT2D eigenvalue weighted by molar-refractivity contribution is 8.03. The number of benzene rings is 5. The van der Waals surface area contributed by atoms with E-state index in [0.29, 0.717) is 0 Å². The second-order valence-electron chi connectivity index (χ2n) is 9.74. The highest BCUT2D eigenvalue weighted by Crippen LogP contribution is 2.47. The zero-order chi connectivity index (χ0) is 26.3. The van der Waals surface area contributed by atoms with Gasteiger partial charge in [-0.1, -0.05) is 97.6 Å². The highest BCUT2D eigenvalue weighted by atomic mass is 32.2. The van der Waals surface area contributed by atoms with Gasteiger partial charge in [0, 0.05) is 16.0 Å². The van der Waals surface area contributed by atoms with Crippen LogP contribution in [0.15, 0.2) is 131 Å². The van der Waals surface area contributed by atoms with Crippen LogP contribution in [0, 0.1) is 0 Å². The van der Waals surface area contributed by atoms with E-state index in [-0.39, 0.29) is 0 Å². The zero-order valence-electron chi connectivity index (χ0n) is 21.9. The molecule has 0 radical (unpaired) electrons. The van der Waals surface area contributed by atoms with Crippen LogP contribution in [0.1, 0.15) is 20.3 Å². The van der Waals surface area contributed by atoms with Crippen LogP contribution in [0.4, 0.5) is 0 Å². The zero-order valence-corrected chi connectivity index (χ0v) is 22.8. The number of allylic oxidation sites excluding steroid dienone is 3. The van der Waals surface area contributed by atoms with E-state index in [1.807, 2.05) is 13.0 Å². The second kappa shape index (κ2) is 9.76. The van der Waals surface area contributed by atoms with Gasteiger partial charge in [-0.25, -0.2) is 4.98 Å². The van der Waals surface area contributed by atoms with Crippen LogP contribution in [0.2, 0.25) is 0 Å². The first-order valence-corrected chi connectivity index (χ1v) is 14.2. The average molecular weight is 522 g/mol. The van der Waals surface area contributed by atoms with E-state index in [0.717, 1.165) is 45.3 Å². The molecule has 0 unspecified atom stereocenters. The van der Waals surface area contributed by atoms with Gasteiger partial charge in [-0.2, -0.15) is 0 Å². The Kier molecular flexibility index (Phi) is 5.94. The van der Waals surface area contributed by atoms with E-state index >= 15 is 0 Å². The summed E-state index contributed by atoms with van der Waals surface area (Å²) < 4.78 is 6.49. The first-order valence-electron chi connectivity index (χ1n) is 13.4. The number of fused-ring (bicyclic) bond motifs is 7. The summed E-state index contributed by atoms with van der Waals surface area (Å²) in [6.45, 7) is 4.20. The molecule has 188 valence electrons. The van der Waals surface area contributed by atoms with Crippen molar-refractivity contribution in [3.05, 3.63) is 126 Å². The molecule has 0 saturated carbocycles. The Morgan fingerprint density at radius 2 is 1.33 bits per heavy atom. The maximum Gasteiger partial charge on any atom is 0.150 e. The first kappa shape index (κ1) is 23.8. The summed E-state index contributed by atoms with van der Waals surface area (Å²) in [4.78, 5) is 7.54. The summed E-state index contributed by atoms with van der Waals surface area (Å²) in [5.74, 6) is 1.81. The lowest BCUT2D eigenvalue weighted by Crippen LogP contribution is -2.04. The summed E-state index contributed by atoms with van der Waals surface area (Å²) in [6.07, 6.45) is 5.02. The summed E-state index contributed by atoms with van der Waals surface area (Å²) in [5, 5.41) is 7.63. The number of hydrogen-bond donors (Lipinski definition) is 0. The van der Waals surface area contributed by atoms with Gasteiger partial charge in [0.05, 0.1) is 16.3 Å². The van der Waals surface area contributed by atoms with Crippen LogP contribution in [0.25, 0.3) is 54.8 Å². The van der Waals surface area contributed by atoms with Crippen molar-refractivity contribution in [3.63, 3.8) is 0 Å². The van der Waals surface area contributed by atoms with Gasteiger partial charge in [0.15, 0.2) is 5.75 Å². The maximum atomic E-state index is 6.49. The Labute approximate surface area is 232 Å². The molecule has 0 bridgehead atoms. The van der Waals surface area contributed by atoms with Crippen molar-refractivity contribution in [1.82, 2.24) is 4.98 Å². The molecular weight excluding hydrogens is 494 g/mol. The van der Waals surface area contributed by atoms with Crippen molar-refractivity contribution in [2.24, 2.45) is 0 Å². The van der Waals surface area contributed by atoms with Gasteiger partial charge >= 0.3 is 0 Å². The van der Waals surface area contributed by atoms with Crippen molar-refractivity contribution >= 4 is 44.1 Å². The average Bonchev–Trinajstić information content (AvgIpc) is 3.00. The molecule has 7 rings (SSSR count). The quantitative estimate of drug-likeness (QED) is 0.215. The monoisotopic (exact) mass is 521 g/mol. The van der Waals surface area contributed by atoms with Crippen molar-refractivity contribution in [1.29, 1.82) is 0 Å². The van der Waals surface area contributed by atoms with Crippen LogP contribution >= 0.6 is 11.8 Å². The molecule has 1 aromatic heterocycles. The minimum absolute atomic E-state index is 0.883. The van der Waals surface area contributed by atoms with Crippen molar-refractivity contribution < 1.29 is 4.74 Å². The van der Waals surface area contributed by atoms with Gasteiger partial charge < -0.3 is 4.74 Å². The lowest BCUT2D eigenvalue weighted by Gasteiger charge is -2.23. The first-order chi connectivity index (χ1) is 19.2. The number of rotatable bonds is 4. The minimum Gasteiger partial charge on any atom is -0.455 e. The lowest BCUT2D eigenvalue weighted by molar-refractivity contribution is 0.428. The van der Waals surface area contributed by atoms with Crippen molar-refractivity contribution in [2.75, 3.05) is 0 Å². The predicted octanol–water partition coefficient (Wildman–Crippen LogP) is 10.6. The number of nitrogens with zero attached hydrogens (tertiary/aromatic N) is 1. The SMILES string of the molecule is C/C=C\C1=C(CC)Sc2cccc(-c3cccc(-c4ccc5c6ccccc6c6ccccc6c5c4)n3)c2O1. The molecule has 5 aromatic carbocycles. The van der Waals surface area contributed by atoms with E-state index in [1.54, 1.807) is 11.8 Å². The molecule has 3 heteroatoms. The summed E-state index contributed by atoms with van der Waals surface area (Å²) >= 11 is 1.79. The molecule has 2 heterocycles. The van der Waals surface area contributed by atoms with E-state index in [4.69, 9.17) is 9.72 Å². The highest BCUT2D eigenvalue weighted by Gasteiger charge is 2.22. The number of aromatic nitrogens is 1.